The number of benzene rings is 1. The summed E-state index contributed by atoms with van der Waals surface area (Å²) in [6.45, 7) is 28.3. The molecular weight excluding hydrogens is 802 g/mol. The van der Waals surface area contributed by atoms with E-state index in [1.165, 1.54) is 46.9 Å². The topological polar surface area (TPSA) is 26.1 Å². The number of nitrogens with one attached hydrogen (secondary N) is 1. The zero-order chi connectivity index (χ0) is 31.6. The fraction of sp³-hybridized carbons (Fsp3) is 0.727. The van der Waals surface area contributed by atoms with Crippen LogP contribution in [-0.4, -0.2) is 32.4 Å². The molecule has 0 saturated heterocycles. The average molecular weight is 861 g/mol. The summed E-state index contributed by atoms with van der Waals surface area (Å²) in [4.78, 5) is 10.0. The standard InChI is InChI=1S/C16H31BrNSi.C16H24BrNSi.CH3.2ClH.Zr/c2*1-11-10-13-12(8-7-9-14(13)17)15(11)19(5,6)18-16(2,3)4;;;;/h11-15H,7-10H2,1-6H3;7-10,15,18H,1-6H3;1H3;2*1H;/q-1;;-1;;;+4/p-2. The molecule has 2 saturated carbocycles. The van der Waals surface area contributed by atoms with Crippen LogP contribution >= 0.6 is 48.9 Å². The van der Waals surface area contributed by atoms with Crippen LogP contribution in [0.4, 0.5) is 0 Å². The van der Waals surface area contributed by atoms with E-state index in [1.807, 2.05) is 0 Å². The van der Waals surface area contributed by atoms with Gasteiger partial charge in [0.05, 0.1) is 0 Å². The van der Waals surface area contributed by atoms with Crippen LogP contribution in [0.25, 0.3) is 11.1 Å². The summed E-state index contributed by atoms with van der Waals surface area (Å²) < 4.78 is 1.22. The Morgan fingerprint density at radius 3 is 2.10 bits per heavy atom. The maximum atomic E-state index is 5.31. The van der Waals surface area contributed by atoms with E-state index in [1.54, 1.807) is 0 Å². The number of hydrogen-bond acceptors (Lipinski definition) is 1. The summed E-state index contributed by atoms with van der Waals surface area (Å²) in [5.74, 6) is 2.75. The Morgan fingerprint density at radius 2 is 1.57 bits per heavy atom. The Balaban J connectivity index is 0.000000376. The van der Waals surface area contributed by atoms with E-state index in [4.69, 9.17) is 22.0 Å². The van der Waals surface area contributed by atoms with E-state index in [9.17, 15) is 0 Å². The molecule has 2 nitrogen and oxygen atoms in total. The molecule has 6 atom stereocenters. The molecule has 0 spiro atoms. The molecule has 0 radical (unpaired) electrons. The molecule has 240 valence electrons. The second-order valence-electron chi connectivity index (χ2n) is 15.7. The molecule has 1 aromatic carbocycles. The molecule has 0 amide bonds. The van der Waals surface area contributed by atoms with Gasteiger partial charge in [0.25, 0.3) is 0 Å². The van der Waals surface area contributed by atoms with Crippen molar-refractivity contribution in [3.05, 3.63) is 51.8 Å². The number of rotatable bonds is 4. The zero-order valence-electron chi connectivity index (χ0n) is 28.6. The quantitative estimate of drug-likeness (QED) is 0.182. The number of alkyl halides is 1. The molecule has 0 aromatic heterocycles. The third-order valence-electron chi connectivity index (χ3n) is 8.83. The molecule has 1 aromatic rings. The van der Waals surface area contributed by atoms with Crippen LogP contribution in [0.2, 0.25) is 31.7 Å². The van der Waals surface area contributed by atoms with E-state index in [-0.39, 0.29) is 18.5 Å². The summed E-state index contributed by atoms with van der Waals surface area (Å²) in [5, 5.41) is 0. The van der Waals surface area contributed by atoms with E-state index in [0.29, 0.717) is 5.54 Å². The fourth-order valence-corrected chi connectivity index (χ4v) is 19.3. The van der Waals surface area contributed by atoms with Gasteiger partial charge in [-0.05, 0) is 75.5 Å². The molecule has 6 unspecified atom stereocenters. The second-order valence-corrected chi connectivity index (χ2v) is 29.9. The first-order valence-corrected chi connectivity index (χ1v) is 29.4. The van der Waals surface area contributed by atoms with Gasteiger partial charge >= 0.3 is 37.9 Å². The Labute approximate surface area is 298 Å². The summed E-state index contributed by atoms with van der Waals surface area (Å²) in [6.07, 6.45) is 8.04. The van der Waals surface area contributed by atoms with Crippen LogP contribution in [-0.2, 0) is 20.8 Å². The van der Waals surface area contributed by atoms with E-state index in [2.05, 4.69) is 143 Å². The number of hydrogen-bond donors (Lipinski definition) is 1. The van der Waals surface area contributed by atoms with Gasteiger partial charge in [0.2, 0.25) is 0 Å². The molecule has 0 aliphatic heterocycles. The van der Waals surface area contributed by atoms with Gasteiger partial charge in [-0.15, -0.1) is 5.54 Å². The van der Waals surface area contributed by atoms with E-state index in [0.717, 1.165) is 28.1 Å². The monoisotopic (exact) mass is 856 g/mol. The summed E-state index contributed by atoms with van der Waals surface area (Å²) in [6, 6.07) is 6.58. The van der Waals surface area contributed by atoms with Crippen molar-refractivity contribution in [3.63, 3.8) is 0 Å². The van der Waals surface area contributed by atoms with Gasteiger partial charge < -0.3 is 17.4 Å². The number of nitrogens with zero attached hydrogens (tertiary/aromatic N) is 1. The van der Waals surface area contributed by atoms with Gasteiger partial charge in [-0.25, -0.2) is 0 Å². The van der Waals surface area contributed by atoms with Crippen LogP contribution in [0, 0.1) is 25.2 Å². The van der Waals surface area contributed by atoms with Crippen molar-refractivity contribution < 1.29 is 20.8 Å². The Morgan fingerprint density at radius 1 is 1.00 bits per heavy atom. The molecule has 0 heterocycles. The van der Waals surface area contributed by atoms with Crippen molar-refractivity contribution in [2.75, 3.05) is 0 Å². The van der Waals surface area contributed by atoms with Gasteiger partial charge in [-0.1, -0.05) is 136 Å². The summed E-state index contributed by atoms with van der Waals surface area (Å²) >= 11 is 6.82. The second kappa shape index (κ2) is 16.7. The zero-order valence-corrected chi connectivity index (χ0v) is 37.7. The van der Waals surface area contributed by atoms with Crippen LogP contribution in [0.1, 0.15) is 97.7 Å². The minimum absolute atomic E-state index is 0. The van der Waals surface area contributed by atoms with Crippen LogP contribution in [0.3, 0.4) is 0 Å². The fourth-order valence-electron chi connectivity index (χ4n) is 8.68. The summed E-state index contributed by atoms with van der Waals surface area (Å²) in [5.41, 5.74) is 6.13. The summed E-state index contributed by atoms with van der Waals surface area (Å²) in [7, 11) is 6.78. The first kappa shape index (κ1) is 41.8. The van der Waals surface area contributed by atoms with Crippen molar-refractivity contribution in [2.24, 2.45) is 17.8 Å². The SMILES string of the molecule is CC1=Cc2c(Br)cccc2C1[Si](C)(C)NC(C)(C)C.CC1CC2C(Br)CCCC2C1[Si](C)(C)[N-]C(C)(C)C.[CH3-].[Cl][Zr+2][Cl]. The predicted octanol–water partition coefficient (Wildman–Crippen LogP) is 12.9. The first-order chi connectivity index (χ1) is 18.6. The minimum atomic E-state index is -1.58. The van der Waals surface area contributed by atoms with Crippen molar-refractivity contribution in [2.45, 2.75) is 134 Å². The predicted molar refractivity (Wildman–Crippen MR) is 201 cm³/mol. The number of halogens is 4. The Hall–Kier alpha value is 1.74. The van der Waals surface area contributed by atoms with Gasteiger partial charge in [0.15, 0.2) is 0 Å². The van der Waals surface area contributed by atoms with Crippen molar-refractivity contribution >= 4 is 71.4 Å². The number of allylic oxidation sites excluding steroid dienone is 1. The molecule has 3 aliphatic rings. The van der Waals surface area contributed by atoms with Crippen molar-refractivity contribution in [1.29, 1.82) is 0 Å². The maximum absolute atomic E-state index is 5.31. The van der Waals surface area contributed by atoms with E-state index < -0.39 is 37.3 Å². The molecule has 4 rings (SSSR count). The van der Waals surface area contributed by atoms with Crippen LogP contribution < -0.4 is 4.98 Å². The van der Waals surface area contributed by atoms with Crippen molar-refractivity contribution in [3.8, 4) is 0 Å². The normalized spacial score (nSPS) is 27.2. The molecule has 0 bridgehead atoms. The third-order valence-corrected chi connectivity index (χ3v) is 18.1. The Kier molecular flexibility index (Phi) is 16.6. The molecule has 9 heteroatoms. The number of fused-ring (bicyclic) bond motifs is 2. The first-order valence-electron chi connectivity index (χ1n) is 15.3. The third kappa shape index (κ3) is 11.5. The van der Waals surface area contributed by atoms with Gasteiger partial charge in [-0.3, -0.25) is 0 Å². The van der Waals surface area contributed by atoms with Crippen LogP contribution in [0.5, 0.6) is 0 Å². The van der Waals surface area contributed by atoms with Gasteiger partial charge in [0, 0.05) is 20.4 Å². The molecule has 1 N–H and O–H groups in total. The van der Waals surface area contributed by atoms with Crippen molar-refractivity contribution in [1.82, 2.24) is 4.98 Å². The molecular formula is C33H58Br2Cl2N2Si2Zr. The van der Waals surface area contributed by atoms with Gasteiger partial charge in [0.1, 0.15) is 8.24 Å². The van der Waals surface area contributed by atoms with E-state index >= 15 is 0 Å². The molecule has 2 fully saturated rings. The molecule has 42 heavy (non-hydrogen) atoms. The Bertz CT molecular complexity index is 1040. The average Bonchev–Trinajstić information content (AvgIpc) is 3.30. The molecule has 3 aliphatic carbocycles. The van der Waals surface area contributed by atoms with Crippen LogP contribution in [0.15, 0.2) is 28.2 Å². The van der Waals surface area contributed by atoms with Gasteiger partial charge in [-0.2, -0.15) is 0 Å².